The molecule has 0 saturated carbocycles. The predicted octanol–water partition coefficient (Wildman–Crippen LogP) is 5.72. The third-order valence-electron chi connectivity index (χ3n) is 3.07. The molecular weight excluding hydrogens is 380 g/mol. The largest absolute Gasteiger partial charge is 0.417 e. The number of anilines is 1. The number of hydrogen-bond acceptors (Lipinski definition) is 3. The Balaban J connectivity index is 0.000000277. The fraction of sp³-hybridized carbons (Fsp3) is 0.263. The molecule has 2 rings (SSSR count). The predicted molar refractivity (Wildman–Crippen MR) is 97.8 cm³/mol. The van der Waals surface area contributed by atoms with Crippen molar-refractivity contribution >= 4 is 23.9 Å². The highest BCUT2D eigenvalue weighted by Gasteiger charge is 2.33. The maximum absolute atomic E-state index is 12.5. The molecule has 144 valence electrons. The van der Waals surface area contributed by atoms with Crippen molar-refractivity contribution in [3.05, 3.63) is 59.4 Å². The highest BCUT2D eigenvalue weighted by atomic mass is 32.2. The van der Waals surface area contributed by atoms with E-state index >= 15 is 0 Å². The molecule has 0 bridgehead atoms. The van der Waals surface area contributed by atoms with Gasteiger partial charge in [0.1, 0.15) is 5.82 Å². The van der Waals surface area contributed by atoms with Crippen LogP contribution in [0.2, 0.25) is 0 Å². The molecule has 1 N–H and O–H groups in total. The molecule has 3 nitrogen and oxygen atoms in total. The van der Waals surface area contributed by atoms with Gasteiger partial charge in [0.25, 0.3) is 0 Å². The molecule has 0 unspecified atom stereocenters. The molecule has 1 amide bonds. The van der Waals surface area contributed by atoms with Gasteiger partial charge in [0, 0.05) is 16.3 Å². The fourth-order valence-corrected chi connectivity index (χ4v) is 2.68. The smallest absolute Gasteiger partial charge is 0.329 e. The van der Waals surface area contributed by atoms with Crippen molar-refractivity contribution in [2.24, 2.45) is 5.92 Å². The second-order valence-corrected chi connectivity index (χ2v) is 6.88. The van der Waals surface area contributed by atoms with E-state index in [0.717, 1.165) is 16.7 Å². The minimum absolute atomic E-state index is 0.00340. The van der Waals surface area contributed by atoms with Gasteiger partial charge in [-0.25, -0.2) is 4.39 Å². The molecule has 0 radical (unpaired) electrons. The van der Waals surface area contributed by atoms with Crippen molar-refractivity contribution in [2.75, 3.05) is 11.1 Å². The maximum atomic E-state index is 12.5. The number of nitrogens with one attached hydrogen (secondary N) is 1. The average molecular weight is 398 g/mol. The van der Waals surface area contributed by atoms with E-state index in [4.69, 9.17) is 5.26 Å². The first-order chi connectivity index (χ1) is 12.7. The number of nitriles is 1. The normalized spacial score (nSPS) is 10.6. The van der Waals surface area contributed by atoms with Crippen LogP contribution in [0, 0.1) is 23.1 Å². The second kappa shape index (κ2) is 10.6. The number of halogens is 4. The number of alkyl halides is 3. The molecule has 0 aliphatic rings. The number of benzene rings is 2. The van der Waals surface area contributed by atoms with Gasteiger partial charge in [-0.1, -0.05) is 13.8 Å². The van der Waals surface area contributed by atoms with Gasteiger partial charge in [-0.3, -0.25) is 4.79 Å². The number of thioether (sulfide) groups is 1. The molecule has 0 spiro atoms. The summed E-state index contributed by atoms with van der Waals surface area (Å²) in [5.41, 5.74) is -1.54. The monoisotopic (exact) mass is 398 g/mol. The van der Waals surface area contributed by atoms with Gasteiger partial charge in [-0.15, -0.1) is 11.8 Å². The summed E-state index contributed by atoms with van der Waals surface area (Å²) < 4.78 is 49.6. The van der Waals surface area contributed by atoms with Crippen molar-refractivity contribution in [3.8, 4) is 6.07 Å². The van der Waals surface area contributed by atoms with E-state index in [1.165, 1.54) is 24.3 Å². The van der Waals surface area contributed by atoms with Crippen LogP contribution in [0.25, 0.3) is 0 Å². The van der Waals surface area contributed by atoms with E-state index < -0.39 is 17.3 Å². The molecular formula is C19H18F4N2OS. The number of amides is 1. The highest BCUT2D eigenvalue weighted by Crippen LogP contribution is 2.33. The molecule has 0 fully saturated rings. The first-order valence-electron chi connectivity index (χ1n) is 7.87. The van der Waals surface area contributed by atoms with E-state index in [1.807, 2.05) is 12.1 Å². The summed E-state index contributed by atoms with van der Waals surface area (Å²) in [5.74, 6) is 1.61. The topological polar surface area (TPSA) is 52.9 Å². The molecule has 0 aliphatic heterocycles. The van der Waals surface area contributed by atoms with E-state index in [2.05, 4.69) is 19.2 Å². The summed E-state index contributed by atoms with van der Waals surface area (Å²) >= 11 is 1.77. The third-order valence-corrected chi connectivity index (χ3v) is 4.51. The number of carbonyl (C=O) groups excluding carboxylic acids is 1. The molecule has 0 aromatic heterocycles. The SMILES string of the molecule is CC(C)CSc1ccc(F)cc1.N#Cc1ccc(NC=O)cc1C(F)(F)F. The Morgan fingerprint density at radius 3 is 2.30 bits per heavy atom. The summed E-state index contributed by atoms with van der Waals surface area (Å²) in [6.07, 6.45) is -4.34. The molecule has 2 aromatic rings. The van der Waals surface area contributed by atoms with Crippen LogP contribution >= 0.6 is 11.8 Å². The average Bonchev–Trinajstić information content (AvgIpc) is 2.61. The van der Waals surface area contributed by atoms with Gasteiger partial charge >= 0.3 is 6.18 Å². The Labute approximate surface area is 159 Å². The lowest BCUT2D eigenvalue weighted by molar-refractivity contribution is -0.137. The fourth-order valence-electron chi connectivity index (χ4n) is 1.83. The van der Waals surface area contributed by atoms with Crippen LogP contribution in [0.15, 0.2) is 47.4 Å². The van der Waals surface area contributed by atoms with Crippen LogP contribution < -0.4 is 5.32 Å². The lowest BCUT2D eigenvalue weighted by atomic mass is 10.1. The zero-order valence-corrected chi connectivity index (χ0v) is 15.5. The molecule has 27 heavy (non-hydrogen) atoms. The zero-order chi connectivity index (χ0) is 20.4. The molecule has 0 heterocycles. The minimum Gasteiger partial charge on any atom is -0.329 e. The molecule has 2 aromatic carbocycles. The molecule has 0 atom stereocenters. The van der Waals surface area contributed by atoms with Crippen LogP contribution in [0.4, 0.5) is 23.2 Å². The van der Waals surface area contributed by atoms with E-state index in [9.17, 15) is 22.4 Å². The Hall–Kier alpha value is -2.53. The van der Waals surface area contributed by atoms with E-state index in [1.54, 1.807) is 11.8 Å². The van der Waals surface area contributed by atoms with Gasteiger partial charge in [-0.05, 0) is 48.4 Å². The Bertz CT molecular complexity index is 784. The third kappa shape index (κ3) is 8.13. The van der Waals surface area contributed by atoms with Crippen molar-refractivity contribution in [2.45, 2.75) is 24.9 Å². The minimum atomic E-state index is -4.61. The van der Waals surface area contributed by atoms with E-state index in [0.29, 0.717) is 12.0 Å². The van der Waals surface area contributed by atoms with Gasteiger partial charge in [0.05, 0.1) is 17.2 Å². The zero-order valence-electron chi connectivity index (χ0n) is 14.7. The lowest BCUT2D eigenvalue weighted by Gasteiger charge is -2.09. The Kier molecular flexibility index (Phi) is 8.82. The standard InChI is InChI=1S/C10H13FS.C9H5F3N2O/c1-8(2)7-12-10-5-3-9(11)4-6-10;10-9(11,12)8-3-7(14-5-15)2-1-6(8)4-13/h3-6,8H,7H2,1-2H3;1-3,5H,(H,14,15). The first kappa shape index (κ1) is 22.5. The molecule has 0 saturated heterocycles. The number of rotatable bonds is 5. The van der Waals surface area contributed by atoms with Crippen molar-refractivity contribution in [3.63, 3.8) is 0 Å². The van der Waals surface area contributed by atoms with Crippen molar-refractivity contribution < 1.29 is 22.4 Å². The van der Waals surface area contributed by atoms with Gasteiger partial charge < -0.3 is 5.32 Å². The van der Waals surface area contributed by atoms with Crippen molar-refractivity contribution in [1.82, 2.24) is 0 Å². The number of carbonyl (C=O) groups is 1. The maximum Gasteiger partial charge on any atom is 0.417 e. The summed E-state index contributed by atoms with van der Waals surface area (Å²) in [6, 6.07) is 11.0. The van der Waals surface area contributed by atoms with Gasteiger partial charge in [0.15, 0.2) is 0 Å². The van der Waals surface area contributed by atoms with Crippen LogP contribution in [0.1, 0.15) is 25.0 Å². The van der Waals surface area contributed by atoms with Crippen LogP contribution in [-0.2, 0) is 11.0 Å². The number of hydrogen-bond donors (Lipinski definition) is 1. The summed E-state index contributed by atoms with van der Waals surface area (Å²) in [7, 11) is 0. The summed E-state index contributed by atoms with van der Waals surface area (Å²) in [5, 5.41) is 10.5. The van der Waals surface area contributed by atoms with Crippen LogP contribution in [0.5, 0.6) is 0 Å². The summed E-state index contributed by atoms with van der Waals surface area (Å²) in [4.78, 5) is 11.2. The Morgan fingerprint density at radius 2 is 1.81 bits per heavy atom. The van der Waals surface area contributed by atoms with Crippen LogP contribution in [-0.4, -0.2) is 12.2 Å². The Morgan fingerprint density at radius 1 is 1.19 bits per heavy atom. The second-order valence-electron chi connectivity index (χ2n) is 5.79. The molecule has 8 heteroatoms. The van der Waals surface area contributed by atoms with Gasteiger partial charge in [-0.2, -0.15) is 18.4 Å². The quantitative estimate of drug-likeness (QED) is 0.398. The summed E-state index contributed by atoms with van der Waals surface area (Å²) in [6.45, 7) is 4.35. The first-order valence-corrected chi connectivity index (χ1v) is 8.85. The van der Waals surface area contributed by atoms with Gasteiger partial charge in [0.2, 0.25) is 6.41 Å². The molecule has 0 aliphatic carbocycles. The number of nitrogens with zero attached hydrogens (tertiary/aromatic N) is 1. The highest BCUT2D eigenvalue weighted by molar-refractivity contribution is 7.99. The lowest BCUT2D eigenvalue weighted by Crippen LogP contribution is -2.08. The van der Waals surface area contributed by atoms with Crippen LogP contribution in [0.3, 0.4) is 0 Å². The van der Waals surface area contributed by atoms with Crippen molar-refractivity contribution in [1.29, 1.82) is 5.26 Å². The van der Waals surface area contributed by atoms with E-state index in [-0.39, 0.29) is 17.9 Å².